The quantitative estimate of drug-likeness (QED) is 0.478. The molecule has 74 valence electrons. The number of hydrogen-bond donors (Lipinski definition) is 3. The molecule has 1 atom stereocenters. The number of hydrogen-bond acceptors (Lipinski definition) is 4. The van der Waals surface area contributed by atoms with Crippen LogP contribution in [0.3, 0.4) is 0 Å². The summed E-state index contributed by atoms with van der Waals surface area (Å²) in [5.41, 5.74) is 0. The van der Waals surface area contributed by atoms with Crippen molar-refractivity contribution < 1.29 is 10.2 Å². The molecule has 12 heavy (non-hydrogen) atoms. The van der Waals surface area contributed by atoms with Crippen LogP contribution in [0.1, 0.15) is 13.3 Å². The molecule has 0 aliphatic heterocycles. The van der Waals surface area contributed by atoms with Gasteiger partial charge in [-0.05, 0) is 13.0 Å². The predicted molar refractivity (Wildman–Crippen MR) is 53.6 cm³/mol. The summed E-state index contributed by atoms with van der Waals surface area (Å²) < 4.78 is 0. The minimum absolute atomic E-state index is 0.233. The highest BCUT2D eigenvalue weighted by Gasteiger charge is 2.05. The van der Waals surface area contributed by atoms with Gasteiger partial charge in [-0.25, -0.2) is 0 Å². The Bertz CT molecular complexity index is 87.1. The zero-order valence-corrected chi connectivity index (χ0v) is 8.44. The van der Waals surface area contributed by atoms with Crippen molar-refractivity contribution >= 4 is 11.8 Å². The average Bonchev–Trinajstić information content (AvgIpc) is 2.06. The summed E-state index contributed by atoms with van der Waals surface area (Å²) in [6, 6.07) is 0.386. The van der Waals surface area contributed by atoms with Gasteiger partial charge in [-0.3, -0.25) is 0 Å². The van der Waals surface area contributed by atoms with Crippen LogP contribution >= 0.6 is 11.8 Å². The zero-order valence-electron chi connectivity index (χ0n) is 7.62. The van der Waals surface area contributed by atoms with E-state index >= 15 is 0 Å². The number of nitrogens with one attached hydrogen (secondary N) is 1. The summed E-state index contributed by atoms with van der Waals surface area (Å²) in [5.74, 6) is 1.75. The van der Waals surface area contributed by atoms with Gasteiger partial charge in [0.15, 0.2) is 0 Å². The lowest BCUT2D eigenvalue weighted by molar-refractivity contribution is 0.271. The lowest BCUT2D eigenvalue weighted by Crippen LogP contribution is -2.32. The SMILES string of the molecule is CCNC(CCO)CSCCO. The summed E-state index contributed by atoms with van der Waals surface area (Å²) in [4.78, 5) is 0. The topological polar surface area (TPSA) is 52.5 Å². The lowest BCUT2D eigenvalue weighted by Gasteiger charge is -2.15. The van der Waals surface area contributed by atoms with Gasteiger partial charge < -0.3 is 15.5 Å². The second kappa shape index (κ2) is 9.32. The number of aliphatic hydroxyl groups excluding tert-OH is 2. The van der Waals surface area contributed by atoms with E-state index in [9.17, 15) is 0 Å². The van der Waals surface area contributed by atoms with Crippen LogP contribution in [0.2, 0.25) is 0 Å². The smallest absolute Gasteiger partial charge is 0.0521 e. The predicted octanol–water partition coefficient (Wildman–Crippen LogP) is 0.0724. The van der Waals surface area contributed by atoms with Crippen molar-refractivity contribution in [1.82, 2.24) is 5.32 Å². The Morgan fingerprint density at radius 2 is 2.08 bits per heavy atom. The Balaban J connectivity index is 3.34. The third-order valence-corrected chi connectivity index (χ3v) is 2.63. The van der Waals surface area contributed by atoms with Crippen molar-refractivity contribution in [3.8, 4) is 0 Å². The lowest BCUT2D eigenvalue weighted by atomic mass is 10.2. The highest BCUT2D eigenvalue weighted by Crippen LogP contribution is 2.04. The first kappa shape index (κ1) is 12.2. The summed E-state index contributed by atoms with van der Waals surface area (Å²) in [5, 5.41) is 20.5. The van der Waals surface area contributed by atoms with E-state index in [1.807, 2.05) is 0 Å². The van der Waals surface area contributed by atoms with Crippen molar-refractivity contribution in [2.75, 3.05) is 31.3 Å². The highest BCUT2D eigenvalue weighted by atomic mass is 32.2. The first-order valence-corrected chi connectivity index (χ1v) is 5.53. The van der Waals surface area contributed by atoms with E-state index in [-0.39, 0.29) is 13.2 Å². The van der Waals surface area contributed by atoms with Crippen molar-refractivity contribution in [3.05, 3.63) is 0 Å². The molecule has 3 nitrogen and oxygen atoms in total. The molecule has 0 aromatic carbocycles. The van der Waals surface area contributed by atoms with Crippen molar-refractivity contribution in [2.24, 2.45) is 0 Å². The van der Waals surface area contributed by atoms with E-state index in [0.717, 1.165) is 24.5 Å². The Hall–Kier alpha value is 0.230. The van der Waals surface area contributed by atoms with Crippen LogP contribution < -0.4 is 5.32 Å². The fourth-order valence-electron chi connectivity index (χ4n) is 0.979. The van der Waals surface area contributed by atoms with Crippen LogP contribution in [0.25, 0.3) is 0 Å². The van der Waals surface area contributed by atoms with Crippen molar-refractivity contribution in [1.29, 1.82) is 0 Å². The Kier molecular flexibility index (Phi) is 9.50. The molecule has 0 aliphatic carbocycles. The van der Waals surface area contributed by atoms with E-state index in [4.69, 9.17) is 10.2 Å². The maximum absolute atomic E-state index is 8.72. The van der Waals surface area contributed by atoms with Crippen LogP contribution in [-0.4, -0.2) is 47.5 Å². The van der Waals surface area contributed by atoms with Gasteiger partial charge in [0.2, 0.25) is 0 Å². The standard InChI is InChI=1S/C8H19NO2S/c1-2-9-8(3-4-10)7-12-6-5-11/h8-11H,2-7H2,1H3. The molecule has 0 saturated heterocycles. The maximum Gasteiger partial charge on any atom is 0.0521 e. The second-order valence-electron chi connectivity index (χ2n) is 2.57. The Morgan fingerprint density at radius 1 is 1.33 bits per heavy atom. The number of thioether (sulfide) groups is 1. The molecule has 0 aromatic rings. The minimum atomic E-state index is 0.233. The van der Waals surface area contributed by atoms with Crippen LogP contribution in [0.4, 0.5) is 0 Å². The molecule has 0 bridgehead atoms. The zero-order chi connectivity index (χ0) is 9.23. The first-order chi connectivity index (χ1) is 5.85. The minimum Gasteiger partial charge on any atom is -0.396 e. The summed E-state index contributed by atoms with van der Waals surface area (Å²) in [6.45, 7) is 3.46. The average molecular weight is 193 g/mol. The van der Waals surface area contributed by atoms with Crippen molar-refractivity contribution in [2.45, 2.75) is 19.4 Å². The Labute approximate surface area is 78.6 Å². The molecule has 0 radical (unpaired) electrons. The molecule has 0 rings (SSSR count). The highest BCUT2D eigenvalue weighted by molar-refractivity contribution is 7.99. The largest absolute Gasteiger partial charge is 0.396 e. The van der Waals surface area contributed by atoms with Gasteiger partial charge in [0.05, 0.1) is 6.61 Å². The van der Waals surface area contributed by atoms with Crippen LogP contribution in [0.5, 0.6) is 0 Å². The van der Waals surface area contributed by atoms with Gasteiger partial charge in [0.1, 0.15) is 0 Å². The van der Waals surface area contributed by atoms with Gasteiger partial charge in [0.25, 0.3) is 0 Å². The van der Waals surface area contributed by atoms with Crippen LogP contribution in [0.15, 0.2) is 0 Å². The molecule has 0 spiro atoms. The van der Waals surface area contributed by atoms with Gasteiger partial charge in [-0.2, -0.15) is 11.8 Å². The number of rotatable bonds is 8. The van der Waals surface area contributed by atoms with E-state index in [2.05, 4.69) is 12.2 Å². The molecule has 3 N–H and O–H groups in total. The van der Waals surface area contributed by atoms with Gasteiger partial charge in [-0.15, -0.1) is 0 Å². The normalized spacial score (nSPS) is 13.2. The summed E-state index contributed by atoms with van der Waals surface area (Å²) >= 11 is 1.72. The van der Waals surface area contributed by atoms with E-state index in [0.29, 0.717) is 6.04 Å². The Morgan fingerprint density at radius 3 is 2.58 bits per heavy atom. The molecule has 0 aliphatic rings. The summed E-state index contributed by atoms with van der Waals surface area (Å²) in [6.07, 6.45) is 0.798. The maximum atomic E-state index is 8.72. The molecule has 1 unspecified atom stereocenters. The molecule has 0 aromatic heterocycles. The fourth-order valence-corrected chi connectivity index (χ4v) is 1.84. The molecule has 0 amide bonds. The molecule has 4 heteroatoms. The fraction of sp³-hybridized carbons (Fsp3) is 1.00. The first-order valence-electron chi connectivity index (χ1n) is 4.38. The van der Waals surface area contributed by atoms with Crippen LogP contribution in [0, 0.1) is 0 Å². The molecular weight excluding hydrogens is 174 g/mol. The van der Waals surface area contributed by atoms with E-state index < -0.39 is 0 Å². The molecule has 0 saturated carbocycles. The monoisotopic (exact) mass is 193 g/mol. The third-order valence-electron chi connectivity index (χ3n) is 1.53. The third kappa shape index (κ3) is 6.91. The molecular formula is C8H19NO2S. The van der Waals surface area contributed by atoms with Gasteiger partial charge >= 0.3 is 0 Å². The van der Waals surface area contributed by atoms with E-state index in [1.54, 1.807) is 11.8 Å². The number of aliphatic hydroxyl groups is 2. The van der Waals surface area contributed by atoms with Gasteiger partial charge in [-0.1, -0.05) is 6.92 Å². The molecule has 0 fully saturated rings. The summed E-state index contributed by atoms with van der Waals surface area (Å²) in [7, 11) is 0. The van der Waals surface area contributed by atoms with Gasteiger partial charge in [0, 0.05) is 24.2 Å². The second-order valence-corrected chi connectivity index (χ2v) is 3.72. The van der Waals surface area contributed by atoms with Crippen molar-refractivity contribution in [3.63, 3.8) is 0 Å². The van der Waals surface area contributed by atoms with Crippen LogP contribution in [-0.2, 0) is 0 Å². The van der Waals surface area contributed by atoms with E-state index in [1.165, 1.54) is 0 Å². The molecule has 0 heterocycles.